The van der Waals surface area contributed by atoms with Crippen molar-refractivity contribution in [3.63, 3.8) is 0 Å². The number of carbonyl (C=O) groups is 1. The van der Waals surface area contributed by atoms with Gasteiger partial charge in [0.25, 0.3) is 5.91 Å². The van der Waals surface area contributed by atoms with Crippen LogP contribution < -0.4 is 10.6 Å². The summed E-state index contributed by atoms with van der Waals surface area (Å²) in [7, 11) is 0. The standard InChI is InChI=1S/C18H19FN4O/c19-12-1-2-13-14-5-8-21-17(16(14)23-15(13)9-12)18(24)22-10-11-3-6-20-7-4-11/h1-2,5,8-9,11,20,23H,3-4,6-7,10H2,(H,22,24). The van der Waals surface area contributed by atoms with Gasteiger partial charge in [-0.15, -0.1) is 0 Å². The fourth-order valence-electron chi connectivity index (χ4n) is 3.38. The SMILES string of the molecule is O=C(NCC1CCNCC1)c1nccc2c1[nH]c1cc(F)ccc12. The van der Waals surface area contributed by atoms with E-state index < -0.39 is 0 Å². The molecule has 2 aromatic heterocycles. The Morgan fingerprint density at radius 1 is 1.25 bits per heavy atom. The van der Waals surface area contributed by atoms with Crippen LogP contribution in [-0.2, 0) is 0 Å². The molecule has 4 rings (SSSR count). The summed E-state index contributed by atoms with van der Waals surface area (Å²) in [6.45, 7) is 2.66. The second kappa shape index (κ2) is 6.20. The van der Waals surface area contributed by atoms with Gasteiger partial charge in [0.15, 0.2) is 5.69 Å². The third-order valence-corrected chi connectivity index (χ3v) is 4.71. The molecular weight excluding hydrogens is 307 g/mol. The Bertz CT molecular complexity index is 899. The van der Waals surface area contributed by atoms with E-state index in [9.17, 15) is 9.18 Å². The molecule has 24 heavy (non-hydrogen) atoms. The number of halogens is 1. The monoisotopic (exact) mass is 326 g/mol. The van der Waals surface area contributed by atoms with Gasteiger partial charge in [-0.05, 0) is 56.1 Å². The van der Waals surface area contributed by atoms with E-state index in [-0.39, 0.29) is 11.7 Å². The Hall–Kier alpha value is -2.47. The molecule has 1 aromatic carbocycles. The number of carbonyl (C=O) groups excluding carboxylic acids is 1. The summed E-state index contributed by atoms with van der Waals surface area (Å²) >= 11 is 0. The Labute approximate surface area is 138 Å². The maximum Gasteiger partial charge on any atom is 0.272 e. The second-order valence-corrected chi connectivity index (χ2v) is 6.30. The summed E-state index contributed by atoms with van der Waals surface area (Å²) in [6.07, 6.45) is 3.77. The van der Waals surface area contributed by atoms with E-state index in [2.05, 4.69) is 20.6 Å². The highest BCUT2D eigenvalue weighted by Crippen LogP contribution is 2.27. The lowest BCUT2D eigenvalue weighted by Gasteiger charge is -2.22. The van der Waals surface area contributed by atoms with Gasteiger partial charge in [0.05, 0.1) is 5.52 Å². The average Bonchev–Trinajstić information content (AvgIpc) is 2.98. The van der Waals surface area contributed by atoms with Crippen LogP contribution in [0.3, 0.4) is 0 Å². The zero-order valence-electron chi connectivity index (χ0n) is 13.2. The number of benzene rings is 1. The van der Waals surface area contributed by atoms with Gasteiger partial charge in [0.1, 0.15) is 5.82 Å². The molecule has 1 aliphatic heterocycles. The highest BCUT2D eigenvalue weighted by atomic mass is 19.1. The third kappa shape index (κ3) is 2.73. The van der Waals surface area contributed by atoms with Crippen LogP contribution in [0.2, 0.25) is 0 Å². The van der Waals surface area contributed by atoms with E-state index in [1.807, 2.05) is 6.07 Å². The minimum Gasteiger partial charge on any atom is -0.352 e. The van der Waals surface area contributed by atoms with Crippen LogP contribution in [0.4, 0.5) is 4.39 Å². The molecular formula is C18H19FN4O. The average molecular weight is 326 g/mol. The smallest absolute Gasteiger partial charge is 0.272 e. The van der Waals surface area contributed by atoms with Gasteiger partial charge in [-0.2, -0.15) is 0 Å². The Balaban J connectivity index is 1.63. The molecule has 0 spiro atoms. The first-order chi connectivity index (χ1) is 11.7. The molecule has 1 amide bonds. The molecule has 6 heteroatoms. The van der Waals surface area contributed by atoms with Crippen LogP contribution in [0.1, 0.15) is 23.3 Å². The minimum atomic E-state index is -0.307. The van der Waals surface area contributed by atoms with Gasteiger partial charge in [0, 0.05) is 29.0 Å². The number of H-pyrrole nitrogens is 1. The van der Waals surface area contributed by atoms with Gasteiger partial charge in [-0.3, -0.25) is 4.79 Å². The molecule has 5 nitrogen and oxygen atoms in total. The van der Waals surface area contributed by atoms with E-state index in [4.69, 9.17) is 0 Å². The fourth-order valence-corrected chi connectivity index (χ4v) is 3.38. The quantitative estimate of drug-likeness (QED) is 0.693. The van der Waals surface area contributed by atoms with Crippen LogP contribution in [0.5, 0.6) is 0 Å². The van der Waals surface area contributed by atoms with Crippen LogP contribution in [0, 0.1) is 11.7 Å². The van der Waals surface area contributed by atoms with E-state index >= 15 is 0 Å². The third-order valence-electron chi connectivity index (χ3n) is 4.71. The lowest BCUT2D eigenvalue weighted by molar-refractivity contribution is 0.0941. The molecule has 0 atom stereocenters. The van der Waals surface area contributed by atoms with E-state index in [0.717, 1.165) is 36.7 Å². The summed E-state index contributed by atoms with van der Waals surface area (Å²) < 4.78 is 13.4. The molecule has 1 saturated heterocycles. The van der Waals surface area contributed by atoms with Crippen molar-refractivity contribution in [3.05, 3.63) is 42.0 Å². The summed E-state index contributed by atoms with van der Waals surface area (Å²) in [5.74, 6) is 0.0105. The molecule has 3 N–H and O–H groups in total. The molecule has 124 valence electrons. The molecule has 3 heterocycles. The number of piperidine rings is 1. The van der Waals surface area contributed by atoms with Crippen molar-refractivity contribution in [2.45, 2.75) is 12.8 Å². The van der Waals surface area contributed by atoms with Crippen molar-refractivity contribution < 1.29 is 9.18 Å². The van der Waals surface area contributed by atoms with Crippen molar-refractivity contribution in [1.29, 1.82) is 0 Å². The molecule has 0 bridgehead atoms. The number of aromatic amines is 1. The van der Waals surface area contributed by atoms with E-state index in [1.54, 1.807) is 12.3 Å². The van der Waals surface area contributed by atoms with Crippen LogP contribution >= 0.6 is 0 Å². The van der Waals surface area contributed by atoms with Gasteiger partial charge >= 0.3 is 0 Å². The van der Waals surface area contributed by atoms with Gasteiger partial charge in [-0.1, -0.05) is 0 Å². The predicted molar refractivity (Wildman–Crippen MR) is 91.5 cm³/mol. The Morgan fingerprint density at radius 3 is 2.92 bits per heavy atom. The fraction of sp³-hybridized carbons (Fsp3) is 0.333. The number of aromatic nitrogens is 2. The number of rotatable bonds is 3. The number of pyridine rings is 1. The number of amides is 1. The highest BCUT2D eigenvalue weighted by molar-refractivity contribution is 6.13. The van der Waals surface area contributed by atoms with Gasteiger partial charge in [-0.25, -0.2) is 9.37 Å². The molecule has 1 aliphatic rings. The molecule has 0 radical (unpaired) electrons. The summed E-state index contributed by atoms with van der Waals surface area (Å²) in [4.78, 5) is 19.9. The molecule has 3 aromatic rings. The second-order valence-electron chi connectivity index (χ2n) is 6.30. The molecule has 1 fully saturated rings. The summed E-state index contributed by atoms with van der Waals surface area (Å²) in [5, 5.41) is 8.08. The minimum absolute atomic E-state index is 0.189. The Morgan fingerprint density at radius 2 is 2.08 bits per heavy atom. The zero-order valence-corrected chi connectivity index (χ0v) is 13.2. The number of nitrogens with one attached hydrogen (secondary N) is 3. The first-order valence-electron chi connectivity index (χ1n) is 8.27. The number of fused-ring (bicyclic) bond motifs is 3. The summed E-state index contributed by atoms with van der Waals surface area (Å²) in [5.41, 5.74) is 1.68. The Kier molecular flexibility index (Phi) is 3.90. The topological polar surface area (TPSA) is 69.8 Å². The first kappa shape index (κ1) is 15.1. The van der Waals surface area contributed by atoms with Crippen molar-refractivity contribution >= 4 is 27.7 Å². The van der Waals surface area contributed by atoms with Crippen LogP contribution in [-0.4, -0.2) is 35.5 Å². The van der Waals surface area contributed by atoms with Gasteiger partial charge in [0.2, 0.25) is 0 Å². The highest BCUT2D eigenvalue weighted by Gasteiger charge is 2.18. The van der Waals surface area contributed by atoms with Crippen molar-refractivity contribution in [2.24, 2.45) is 5.92 Å². The molecule has 0 aliphatic carbocycles. The maximum atomic E-state index is 13.4. The number of hydrogen-bond donors (Lipinski definition) is 3. The van der Waals surface area contributed by atoms with Crippen LogP contribution in [0.25, 0.3) is 21.8 Å². The lowest BCUT2D eigenvalue weighted by atomic mass is 9.98. The van der Waals surface area contributed by atoms with Crippen LogP contribution in [0.15, 0.2) is 30.5 Å². The van der Waals surface area contributed by atoms with Crippen molar-refractivity contribution in [2.75, 3.05) is 19.6 Å². The maximum absolute atomic E-state index is 13.4. The van der Waals surface area contributed by atoms with Crippen molar-refractivity contribution in [1.82, 2.24) is 20.6 Å². The predicted octanol–water partition coefficient (Wildman–Crippen LogP) is 2.58. The molecule has 0 saturated carbocycles. The zero-order chi connectivity index (χ0) is 16.5. The lowest BCUT2D eigenvalue weighted by Crippen LogP contribution is -2.36. The summed E-state index contributed by atoms with van der Waals surface area (Å²) in [6, 6.07) is 6.43. The van der Waals surface area contributed by atoms with E-state index in [1.165, 1.54) is 12.1 Å². The largest absolute Gasteiger partial charge is 0.352 e. The molecule has 0 unspecified atom stereocenters. The number of hydrogen-bond acceptors (Lipinski definition) is 3. The van der Waals surface area contributed by atoms with E-state index in [0.29, 0.717) is 29.2 Å². The van der Waals surface area contributed by atoms with Gasteiger partial charge < -0.3 is 15.6 Å². The first-order valence-corrected chi connectivity index (χ1v) is 8.27. The van der Waals surface area contributed by atoms with Crippen molar-refractivity contribution in [3.8, 4) is 0 Å². The normalized spacial score (nSPS) is 15.9. The number of nitrogens with zero attached hydrogens (tertiary/aromatic N) is 1.